The number of hydrogen-bond donors (Lipinski definition) is 1. The first-order valence-corrected chi connectivity index (χ1v) is 5.93. The zero-order chi connectivity index (χ0) is 15.1. The highest BCUT2D eigenvalue weighted by Gasteiger charge is 2.28. The molecule has 0 fully saturated rings. The molecule has 7 heteroatoms. The largest absolute Gasteiger partial charge is 0.382 e. The van der Waals surface area contributed by atoms with E-state index < -0.39 is 17.0 Å². The number of nitrogen functional groups attached to an aromatic ring is 1. The summed E-state index contributed by atoms with van der Waals surface area (Å²) in [4.78, 5) is 10.9. The Morgan fingerprint density at radius 1 is 1.30 bits per heavy atom. The highest BCUT2D eigenvalue weighted by Crippen LogP contribution is 2.36. The molecular weight excluding hydrogens is 266 g/mol. The second kappa shape index (κ2) is 4.66. The third-order valence-corrected chi connectivity index (χ3v) is 2.83. The van der Waals surface area contributed by atoms with Crippen molar-refractivity contribution < 1.29 is 8.78 Å². The standard InChI is InChI=1S/C13H14F2N4O/c1-13(2,3)11-10(18-20)12(16)19(17-11)9-6-7(14)4-5-8(9)15/h4-6H,16H2,1-3H3. The second-order valence-corrected chi connectivity index (χ2v) is 5.43. The fourth-order valence-corrected chi connectivity index (χ4v) is 1.85. The predicted molar refractivity (Wildman–Crippen MR) is 72.0 cm³/mol. The molecule has 0 spiro atoms. The number of nitrogens with zero attached hydrogens (tertiary/aromatic N) is 3. The quantitative estimate of drug-likeness (QED) is 0.856. The van der Waals surface area contributed by atoms with Gasteiger partial charge in [-0.2, -0.15) is 5.10 Å². The van der Waals surface area contributed by atoms with Crippen molar-refractivity contribution in [3.05, 3.63) is 40.4 Å². The summed E-state index contributed by atoms with van der Waals surface area (Å²) in [5, 5.41) is 6.98. The molecule has 0 unspecified atom stereocenters. The van der Waals surface area contributed by atoms with Crippen LogP contribution in [0.1, 0.15) is 26.5 Å². The Labute approximate surface area is 114 Å². The fraction of sp³-hybridized carbons (Fsp3) is 0.308. The zero-order valence-electron chi connectivity index (χ0n) is 11.3. The summed E-state index contributed by atoms with van der Waals surface area (Å²) in [6.45, 7) is 5.45. The summed E-state index contributed by atoms with van der Waals surface area (Å²) >= 11 is 0. The molecule has 0 amide bonds. The number of nitrogens with two attached hydrogens (primary N) is 1. The van der Waals surface area contributed by atoms with Gasteiger partial charge in [0.25, 0.3) is 0 Å². The lowest BCUT2D eigenvalue weighted by atomic mass is 9.91. The maximum atomic E-state index is 13.8. The number of nitroso groups, excluding NO2 is 1. The lowest BCUT2D eigenvalue weighted by molar-refractivity contribution is 0.553. The summed E-state index contributed by atoms with van der Waals surface area (Å²) in [5.41, 5.74) is 5.38. The van der Waals surface area contributed by atoms with Crippen LogP contribution in [0.2, 0.25) is 0 Å². The maximum absolute atomic E-state index is 13.8. The molecule has 1 aromatic heterocycles. The summed E-state index contributed by atoms with van der Waals surface area (Å²) in [6.07, 6.45) is 0. The molecule has 0 saturated heterocycles. The summed E-state index contributed by atoms with van der Waals surface area (Å²) in [5.74, 6) is -1.44. The van der Waals surface area contributed by atoms with Crippen LogP contribution in [0, 0.1) is 16.5 Å². The van der Waals surface area contributed by atoms with Gasteiger partial charge in [-0.15, -0.1) is 4.91 Å². The monoisotopic (exact) mass is 280 g/mol. The molecule has 106 valence electrons. The molecule has 2 rings (SSSR count). The smallest absolute Gasteiger partial charge is 0.173 e. The third kappa shape index (κ3) is 2.26. The minimum atomic E-state index is -0.696. The predicted octanol–water partition coefficient (Wildman–Crippen LogP) is 3.43. The van der Waals surface area contributed by atoms with Crippen LogP contribution in [-0.2, 0) is 5.41 Å². The van der Waals surface area contributed by atoms with Gasteiger partial charge in [-0.3, -0.25) is 0 Å². The van der Waals surface area contributed by atoms with Gasteiger partial charge < -0.3 is 5.73 Å². The minimum absolute atomic E-state index is 0.0545. The molecule has 0 aliphatic heterocycles. The van der Waals surface area contributed by atoms with E-state index in [-0.39, 0.29) is 17.2 Å². The van der Waals surface area contributed by atoms with E-state index in [1.165, 1.54) is 0 Å². The normalized spacial score (nSPS) is 11.7. The van der Waals surface area contributed by atoms with E-state index in [1.54, 1.807) is 0 Å². The average Bonchev–Trinajstić information content (AvgIpc) is 2.69. The van der Waals surface area contributed by atoms with Crippen molar-refractivity contribution in [2.24, 2.45) is 5.18 Å². The molecule has 0 aliphatic rings. The van der Waals surface area contributed by atoms with Crippen LogP contribution in [-0.4, -0.2) is 9.78 Å². The SMILES string of the molecule is CC(C)(C)c1nn(-c2cc(F)ccc2F)c(N)c1N=O. The average molecular weight is 280 g/mol. The van der Waals surface area contributed by atoms with Crippen molar-refractivity contribution in [2.45, 2.75) is 26.2 Å². The molecule has 0 aliphatic carbocycles. The molecule has 20 heavy (non-hydrogen) atoms. The van der Waals surface area contributed by atoms with Gasteiger partial charge in [0.05, 0.1) is 5.69 Å². The molecule has 1 aromatic carbocycles. The van der Waals surface area contributed by atoms with Crippen LogP contribution in [0.5, 0.6) is 0 Å². The molecule has 0 atom stereocenters. The van der Waals surface area contributed by atoms with Crippen LogP contribution in [0.25, 0.3) is 5.69 Å². The van der Waals surface area contributed by atoms with Crippen molar-refractivity contribution in [3.63, 3.8) is 0 Å². The Morgan fingerprint density at radius 2 is 1.95 bits per heavy atom. The molecular formula is C13H14F2N4O. The van der Waals surface area contributed by atoms with Gasteiger partial charge in [0.15, 0.2) is 11.5 Å². The number of rotatable bonds is 2. The summed E-state index contributed by atoms with van der Waals surface area (Å²) in [6, 6.07) is 2.92. The van der Waals surface area contributed by atoms with Gasteiger partial charge in [-0.05, 0) is 17.3 Å². The Morgan fingerprint density at radius 3 is 2.45 bits per heavy atom. The second-order valence-electron chi connectivity index (χ2n) is 5.43. The van der Waals surface area contributed by atoms with E-state index in [9.17, 15) is 13.7 Å². The van der Waals surface area contributed by atoms with Crippen LogP contribution < -0.4 is 5.73 Å². The van der Waals surface area contributed by atoms with E-state index in [1.807, 2.05) is 20.8 Å². The van der Waals surface area contributed by atoms with E-state index in [0.717, 1.165) is 22.9 Å². The lowest BCUT2D eigenvalue weighted by Crippen LogP contribution is -2.13. The first-order chi connectivity index (χ1) is 9.25. The van der Waals surface area contributed by atoms with Crippen molar-refractivity contribution in [1.82, 2.24) is 9.78 Å². The minimum Gasteiger partial charge on any atom is -0.382 e. The lowest BCUT2D eigenvalue weighted by Gasteiger charge is -2.14. The van der Waals surface area contributed by atoms with Crippen LogP contribution in [0.15, 0.2) is 23.4 Å². The Hall–Kier alpha value is -2.31. The van der Waals surface area contributed by atoms with E-state index in [2.05, 4.69) is 10.3 Å². The van der Waals surface area contributed by atoms with E-state index in [0.29, 0.717) is 5.69 Å². The van der Waals surface area contributed by atoms with Crippen LogP contribution in [0.3, 0.4) is 0 Å². The van der Waals surface area contributed by atoms with Crippen molar-refractivity contribution in [3.8, 4) is 5.69 Å². The Balaban J connectivity index is 2.73. The van der Waals surface area contributed by atoms with E-state index in [4.69, 9.17) is 5.73 Å². The molecule has 2 aromatic rings. The number of benzene rings is 1. The molecule has 0 saturated carbocycles. The van der Waals surface area contributed by atoms with Crippen molar-refractivity contribution in [2.75, 3.05) is 5.73 Å². The van der Waals surface area contributed by atoms with Crippen LogP contribution in [0.4, 0.5) is 20.3 Å². The van der Waals surface area contributed by atoms with Gasteiger partial charge >= 0.3 is 0 Å². The number of aromatic nitrogens is 2. The van der Waals surface area contributed by atoms with Gasteiger partial charge in [0.1, 0.15) is 17.3 Å². The molecule has 0 radical (unpaired) electrons. The van der Waals surface area contributed by atoms with Gasteiger partial charge in [0, 0.05) is 11.5 Å². The topological polar surface area (TPSA) is 73.3 Å². The fourth-order valence-electron chi connectivity index (χ4n) is 1.85. The molecule has 2 N–H and O–H groups in total. The van der Waals surface area contributed by atoms with Crippen molar-refractivity contribution >= 4 is 11.5 Å². The van der Waals surface area contributed by atoms with Crippen LogP contribution >= 0.6 is 0 Å². The molecule has 0 bridgehead atoms. The van der Waals surface area contributed by atoms with Gasteiger partial charge in [-0.1, -0.05) is 20.8 Å². The Bertz CT molecular complexity index is 674. The van der Waals surface area contributed by atoms with Gasteiger partial charge in [0.2, 0.25) is 0 Å². The first-order valence-electron chi connectivity index (χ1n) is 5.93. The summed E-state index contributed by atoms with van der Waals surface area (Å²) in [7, 11) is 0. The number of hydrogen-bond acceptors (Lipinski definition) is 4. The first kappa shape index (κ1) is 14.1. The number of anilines is 1. The molecule has 1 heterocycles. The highest BCUT2D eigenvalue weighted by atomic mass is 19.1. The third-order valence-electron chi connectivity index (χ3n) is 2.83. The molecule has 5 nitrogen and oxygen atoms in total. The highest BCUT2D eigenvalue weighted by molar-refractivity contribution is 5.65. The van der Waals surface area contributed by atoms with Gasteiger partial charge in [-0.25, -0.2) is 13.5 Å². The van der Waals surface area contributed by atoms with E-state index >= 15 is 0 Å². The zero-order valence-corrected chi connectivity index (χ0v) is 11.3. The maximum Gasteiger partial charge on any atom is 0.173 e. The number of halogens is 2. The van der Waals surface area contributed by atoms with Crippen molar-refractivity contribution in [1.29, 1.82) is 0 Å². The summed E-state index contributed by atoms with van der Waals surface area (Å²) < 4.78 is 28.0. The Kier molecular flexibility index (Phi) is 3.29.